The van der Waals surface area contributed by atoms with Crippen molar-refractivity contribution in [1.29, 1.82) is 0 Å². The van der Waals surface area contributed by atoms with Crippen LogP contribution in [0.1, 0.15) is 84.1 Å². The molecule has 0 aromatic heterocycles. The van der Waals surface area contributed by atoms with Gasteiger partial charge in [-0.05, 0) is 60.1 Å². The summed E-state index contributed by atoms with van der Waals surface area (Å²) in [6.45, 7) is 20.0. The molecule has 4 N–H and O–H groups in total. The molecule has 0 aliphatic carbocycles. The van der Waals surface area contributed by atoms with Gasteiger partial charge in [-0.3, -0.25) is 9.59 Å². The molecule has 2 rings (SSSR count). The number of Topliss-reactive ketones (excluding diaryl/α,β-unsaturated/α-hetero) is 1. The predicted molar refractivity (Wildman–Crippen MR) is 190 cm³/mol. The summed E-state index contributed by atoms with van der Waals surface area (Å²) in [5.41, 5.74) is 3.42. The number of halogens is 2. The summed E-state index contributed by atoms with van der Waals surface area (Å²) in [5, 5.41) is 33.7. The van der Waals surface area contributed by atoms with E-state index in [2.05, 4.69) is 42.0 Å². The van der Waals surface area contributed by atoms with Crippen molar-refractivity contribution in [2.45, 2.75) is 88.5 Å². The molecule has 0 heterocycles. The SMILES string of the molecule is CC.CC.CC(C)CO.CO.COC(=O)Cc1ccc(O)c(C)c1.Cc1cc(CC(=O)CC(C)C)ccc1O.II. The molecule has 9 heteroatoms. The highest BCUT2D eigenvalue weighted by Gasteiger charge is 2.07. The number of hydrogen-bond acceptors (Lipinski definition) is 7. The van der Waals surface area contributed by atoms with Crippen LogP contribution in [0.4, 0.5) is 0 Å². The molecule has 41 heavy (non-hydrogen) atoms. The van der Waals surface area contributed by atoms with Gasteiger partial charge in [-0.15, -0.1) is 0 Å². The van der Waals surface area contributed by atoms with Gasteiger partial charge in [0.1, 0.15) is 17.3 Å². The van der Waals surface area contributed by atoms with E-state index in [0.717, 1.165) is 29.4 Å². The molecule has 0 atom stereocenters. The highest BCUT2D eigenvalue weighted by molar-refractivity contribution is 15.0. The minimum Gasteiger partial charge on any atom is -0.508 e. The number of aryl methyl sites for hydroxylation is 2. The molecule has 0 amide bonds. The van der Waals surface area contributed by atoms with Crippen molar-refractivity contribution in [3.63, 3.8) is 0 Å². The second kappa shape index (κ2) is 34.8. The second-order valence-corrected chi connectivity index (χ2v) is 8.88. The number of esters is 1. The maximum absolute atomic E-state index is 11.6. The fraction of sp³-hybridized carbons (Fsp3) is 0.562. The summed E-state index contributed by atoms with van der Waals surface area (Å²) in [5.74, 6) is 1.37. The Labute approximate surface area is 273 Å². The van der Waals surface area contributed by atoms with Crippen molar-refractivity contribution in [2.24, 2.45) is 11.8 Å². The van der Waals surface area contributed by atoms with E-state index in [1.165, 1.54) is 7.11 Å². The van der Waals surface area contributed by atoms with Crippen molar-refractivity contribution < 1.29 is 34.8 Å². The molecule has 0 fully saturated rings. The van der Waals surface area contributed by atoms with E-state index in [4.69, 9.17) is 10.2 Å². The first kappa shape index (κ1) is 49.2. The minimum atomic E-state index is -0.273. The number of phenolic OH excluding ortho intramolecular Hbond substituents is 2. The van der Waals surface area contributed by atoms with E-state index in [-0.39, 0.29) is 29.7 Å². The van der Waals surface area contributed by atoms with E-state index in [1.54, 1.807) is 37.3 Å². The third-order valence-corrected chi connectivity index (χ3v) is 4.50. The van der Waals surface area contributed by atoms with Crippen LogP contribution in [0, 0.1) is 25.7 Å². The average Bonchev–Trinajstić information content (AvgIpc) is 2.97. The second-order valence-electron chi connectivity index (χ2n) is 8.88. The van der Waals surface area contributed by atoms with Gasteiger partial charge in [-0.2, -0.15) is 0 Å². The normalized spacial score (nSPS) is 8.73. The van der Waals surface area contributed by atoms with Crippen LogP contribution in [0.3, 0.4) is 0 Å². The Hall–Kier alpha value is -1.44. The van der Waals surface area contributed by atoms with Gasteiger partial charge in [-0.25, -0.2) is 0 Å². The fourth-order valence-electron chi connectivity index (χ4n) is 2.65. The zero-order valence-corrected chi connectivity index (χ0v) is 31.5. The van der Waals surface area contributed by atoms with Crippen molar-refractivity contribution >= 4 is 49.0 Å². The lowest BCUT2D eigenvalue weighted by atomic mass is 10.00. The number of aliphatic hydroxyl groups is 2. The van der Waals surface area contributed by atoms with Crippen molar-refractivity contribution in [1.82, 2.24) is 0 Å². The lowest BCUT2D eigenvalue weighted by Crippen LogP contribution is -2.06. The quantitative estimate of drug-likeness (QED) is 0.164. The molecule has 2 aromatic rings. The van der Waals surface area contributed by atoms with Gasteiger partial charge in [0.15, 0.2) is 0 Å². The molecule has 0 unspecified atom stereocenters. The molecule has 240 valence electrons. The van der Waals surface area contributed by atoms with Crippen LogP contribution < -0.4 is 0 Å². The number of phenols is 2. The average molecular weight is 807 g/mol. The molecular formula is C32H56I2O7. The first-order valence-corrected chi connectivity index (χ1v) is 20.0. The van der Waals surface area contributed by atoms with Crippen LogP contribution in [-0.2, 0) is 27.2 Å². The van der Waals surface area contributed by atoms with E-state index in [0.29, 0.717) is 31.3 Å². The van der Waals surface area contributed by atoms with Crippen LogP contribution in [0.25, 0.3) is 0 Å². The zero-order chi connectivity index (χ0) is 33.6. The molecule has 0 spiro atoms. The lowest BCUT2D eigenvalue weighted by molar-refractivity contribution is -0.139. The number of carbonyl (C=O) groups excluding carboxylic acids is 2. The Morgan fingerprint density at radius 3 is 1.37 bits per heavy atom. The van der Waals surface area contributed by atoms with Gasteiger partial charge in [0.25, 0.3) is 0 Å². The molecule has 0 bridgehead atoms. The number of aliphatic hydroxyl groups excluding tert-OH is 2. The van der Waals surface area contributed by atoms with Crippen LogP contribution in [0.15, 0.2) is 36.4 Å². The van der Waals surface area contributed by atoms with Gasteiger partial charge in [0, 0.05) is 63.8 Å². The lowest BCUT2D eigenvalue weighted by Gasteiger charge is -2.05. The topological polar surface area (TPSA) is 124 Å². The van der Waals surface area contributed by atoms with Crippen LogP contribution in [-0.4, -0.2) is 53.0 Å². The molecule has 0 saturated heterocycles. The smallest absolute Gasteiger partial charge is 0.309 e. The van der Waals surface area contributed by atoms with Gasteiger partial charge in [0.05, 0.1) is 13.5 Å². The number of methoxy groups -OCH3 is 1. The number of hydrogen-bond donors (Lipinski definition) is 4. The number of ketones is 1. The van der Waals surface area contributed by atoms with Gasteiger partial charge in [-0.1, -0.05) is 79.7 Å². The number of carbonyl (C=O) groups is 2. The summed E-state index contributed by atoms with van der Waals surface area (Å²) in [6, 6.07) is 10.4. The number of aromatic hydroxyl groups is 2. The predicted octanol–water partition coefficient (Wildman–Crippen LogP) is 8.34. The van der Waals surface area contributed by atoms with E-state index < -0.39 is 0 Å². The summed E-state index contributed by atoms with van der Waals surface area (Å²) >= 11 is 4.24. The molecular weight excluding hydrogens is 750 g/mol. The van der Waals surface area contributed by atoms with Crippen molar-refractivity contribution in [2.75, 3.05) is 20.8 Å². The molecule has 0 saturated carbocycles. The summed E-state index contributed by atoms with van der Waals surface area (Å²) in [6.07, 6.45) is 1.34. The highest BCUT2D eigenvalue weighted by Crippen LogP contribution is 2.18. The molecule has 0 aliphatic heterocycles. The van der Waals surface area contributed by atoms with E-state index >= 15 is 0 Å². The maximum Gasteiger partial charge on any atom is 0.309 e. The van der Waals surface area contributed by atoms with Gasteiger partial charge < -0.3 is 25.2 Å². The monoisotopic (exact) mass is 806 g/mol. The first-order valence-electron chi connectivity index (χ1n) is 13.7. The molecule has 0 aliphatic rings. The van der Waals surface area contributed by atoms with Crippen molar-refractivity contribution in [3.05, 3.63) is 58.7 Å². The third kappa shape index (κ3) is 31.3. The van der Waals surface area contributed by atoms with Crippen LogP contribution in [0.5, 0.6) is 11.5 Å². The number of ether oxygens (including phenoxy) is 1. The van der Waals surface area contributed by atoms with Gasteiger partial charge in [0.2, 0.25) is 0 Å². The Morgan fingerprint density at radius 1 is 0.756 bits per heavy atom. The standard InChI is InChI=1S/C13H18O2.C10H12O3.C4H10O.2C2H6.CH4O.I2/c1-9(2)6-12(14)8-11-4-5-13(15)10(3)7-11;1-7-5-8(3-4-9(7)11)6-10(12)13-2;1-4(2)3-5;4*1-2/h4-5,7,9,15H,6,8H2,1-3H3;3-5,11H,6H2,1-2H3;4-5H,3H2,1-2H3;2*1-2H3;2H,1H3;. The van der Waals surface area contributed by atoms with E-state index in [1.807, 2.05) is 68.4 Å². The number of benzene rings is 2. The molecule has 7 nitrogen and oxygen atoms in total. The fourth-order valence-corrected chi connectivity index (χ4v) is 2.65. The van der Waals surface area contributed by atoms with Crippen LogP contribution in [0.2, 0.25) is 0 Å². The highest BCUT2D eigenvalue weighted by atomic mass is 128. The zero-order valence-electron chi connectivity index (χ0n) is 27.2. The van der Waals surface area contributed by atoms with Gasteiger partial charge >= 0.3 is 5.97 Å². The first-order chi connectivity index (χ1) is 19.4. The third-order valence-electron chi connectivity index (χ3n) is 4.50. The Morgan fingerprint density at radius 2 is 1.10 bits per heavy atom. The molecule has 2 aromatic carbocycles. The summed E-state index contributed by atoms with van der Waals surface area (Å²) < 4.78 is 4.52. The van der Waals surface area contributed by atoms with Crippen molar-refractivity contribution in [3.8, 4) is 11.5 Å². The Bertz CT molecular complexity index is 886. The van der Waals surface area contributed by atoms with E-state index in [9.17, 15) is 19.8 Å². The maximum atomic E-state index is 11.6. The summed E-state index contributed by atoms with van der Waals surface area (Å²) in [7, 11) is 2.36. The Kier molecular flexibility index (Phi) is 41.8. The summed E-state index contributed by atoms with van der Waals surface area (Å²) in [4.78, 5) is 22.4. The minimum absolute atomic E-state index is 0.244. The largest absolute Gasteiger partial charge is 0.508 e. The van der Waals surface area contributed by atoms with Crippen LogP contribution >= 0.6 is 37.2 Å². The Balaban J connectivity index is -0.000000151. The molecule has 0 radical (unpaired) electrons. The number of rotatable bonds is 7.